The molecule has 0 bridgehead atoms. The monoisotopic (exact) mass is 273 g/mol. The lowest BCUT2D eigenvalue weighted by atomic mass is 10.1. The van der Waals surface area contributed by atoms with Crippen LogP contribution in [-0.2, 0) is 20.0 Å². The second-order valence-electron chi connectivity index (χ2n) is 4.66. The minimum Gasteiger partial charge on any atom is -0.384 e. The Hall–Kier alpha value is -2.37. The van der Waals surface area contributed by atoms with Gasteiger partial charge in [0.05, 0.1) is 6.54 Å². The first kappa shape index (κ1) is 14.0. The van der Waals surface area contributed by atoms with Gasteiger partial charge < -0.3 is 15.6 Å². The van der Waals surface area contributed by atoms with Crippen molar-refractivity contribution in [3.63, 3.8) is 0 Å². The van der Waals surface area contributed by atoms with Crippen LogP contribution in [0.1, 0.15) is 35.2 Å². The average molecular weight is 273 g/mol. The van der Waals surface area contributed by atoms with Gasteiger partial charge in [-0.15, -0.1) is 0 Å². The normalized spacial score (nSPS) is 10.5. The molecule has 0 aliphatic carbocycles. The molecule has 1 amide bonds. The number of hydrogen-bond acceptors (Lipinski definition) is 4. The molecule has 6 nitrogen and oxygen atoms in total. The molecule has 0 aliphatic rings. The maximum absolute atomic E-state index is 12.1. The van der Waals surface area contributed by atoms with E-state index in [1.54, 1.807) is 18.3 Å². The summed E-state index contributed by atoms with van der Waals surface area (Å²) in [5, 5.41) is 2.83. The van der Waals surface area contributed by atoms with Crippen LogP contribution in [0.4, 0.5) is 5.82 Å². The van der Waals surface area contributed by atoms with Gasteiger partial charge in [-0.05, 0) is 18.6 Å². The fourth-order valence-electron chi connectivity index (χ4n) is 1.95. The van der Waals surface area contributed by atoms with Gasteiger partial charge in [0.15, 0.2) is 0 Å². The van der Waals surface area contributed by atoms with Crippen LogP contribution in [-0.4, -0.2) is 20.4 Å². The van der Waals surface area contributed by atoms with Crippen molar-refractivity contribution >= 4 is 11.7 Å². The highest BCUT2D eigenvalue weighted by molar-refractivity contribution is 5.94. The zero-order valence-electron chi connectivity index (χ0n) is 11.8. The fourth-order valence-corrected chi connectivity index (χ4v) is 1.95. The summed E-state index contributed by atoms with van der Waals surface area (Å²) >= 11 is 0. The van der Waals surface area contributed by atoms with E-state index >= 15 is 0 Å². The van der Waals surface area contributed by atoms with Crippen LogP contribution in [0, 0.1) is 0 Å². The summed E-state index contributed by atoms with van der Waals surface area (Å²) in [6, 6.07) is 3.38. The van der Waals surface area contributed by atoms with E-state index in [1.807, 2.05) is 17.8 Å². The van der Waals surface area contributed by atoms with Crippen LogP contribution in [0.15, 0.2) is 24.5 Å². The summed E-state index contributed by atoms with van der Waals surface area (Å²) < 4.78 is 1.86. The lowest BCUT2D eigenvalue weighted by Crippen LogP contribution is -2.24. The first-order valence-electron chi connectivity index (χ1n) is 6.61. The molecule has 2 rings (SSSR count). The predicted molar refractivity (Wildman–Crippen MR) is 77.0 cm³/mol. The van der Waals surface area contributed by atoms with Crippen molar-refractivity contribution in [3.05, 3.63) is 41.6 Å². The summed E-state index contributed by atoms with van der Waals surface area (Å²) in [5.41, 5.74) is 7.11. The number of aryl methyl sites for hydroxylation is 2. The van der Waals surface area contributed by atoms with E-state index < -0.39 is 0 Å². The SMILES string of the molecule is CCCc1cc(C(=O)NCc2nccn2C)cc(N)n1. The highest BCUT2D eigenvalue weighted by Gasteiger charge is 2.09. The molecule has 0 radical (unpaired) electrons. The molecular weight excluding hydrogens is 254 g/mol. The largest absolute Gasteiger partial charge is 0.384 e. The zero-order chi connectivity index (χ0) is 14.5. The van der Waals surface area contributed by atoms with Gasteiger partial charge in [0, 0.05) is 30.7 Å². The van der Waals surface area contributed by atoms with E-state index in [4.69, 9.17) is 5.73 Å². The van der Waals surface area contributed by atoms with E-state index in [9.17, 15) is 4.79 Å². The highest BCUT2D eigenvalue weighted by atomic mass is 16.1. The van der Waals surface area contributed by atoms with Crippen LogP contribution in [0.3, 0.4) is 0 Å². The molecule has 0 aromatic carbocycles. The standard InChI is InChI=1S/C14H19N5O/c1-3-4-11-7-10(8-12(15)18-11)14(20)17-9-13-16-5-6-19(13)2/h5-8H,3-4,9H2,1-2H3,(H2,15,18)(H,17,20). The summed E-state index contributed by atoms with van der Waals surface area (Å²) in [7, 11) is 1.89. The smallest absolute Gasteiger partial charge is 0.251 e. The Kier molecular flexibility index (Phi) is 4.34. The predicted octanol–water partition coefficient (Wildman–Crippen LogP) is 1.28. The lowest BCUT2D eigenvalue weighted by Gasteiger charge is -2.08. The fraction of sp³-hybridized carbons (Fsp3) is 0.357. The summed E-state index contributed by atoms with van der Waals surface area (Å²) in [4.78, 5) is 20.5. The number of amides is 1. The molecule has 0 saturated heterocycles. The summed E-state index contributed by atoms with van der Waals surface area (Å²) in [6.07, 6.45) is 5.31. The van der Waals surface area contributed by atoms with Gasteiger partial charge in [0.25, 0.3) is 5.91 Å². The number of nitrogens with two attached hydrogens (primary N) is 1. The van der Waals surface area contributed by atoms with Gasteiger partial charge in [-0.1, -0.05) is 13.3 Å². The molecule has 3 N–H and O–H groups in total. The minimum atomic E-state index is -0.167. The summed E-state index contributed by atoms with van der Waals surface area (Å²) in [5.74, 6) is 1.01. The molecule has 0 saturated carbocycles. The second kappa shape index (κ2) is 6.18. The molecular formula is C14H19N5O. The minimum absolute atomic E-state index is 0.167. The van der Waals surface area contributed by atoms with Crippen molar-refractivity contribution in [1.29, 1.82) is 0 Å². The Balaban J connectivity index is 2.07. The Morgan fingerprint density at radius 1 is 1.45 bits per heavy atom. The van der Waals surface area contributed by atoms with Crippen LogP contribution in [0.2, 0.25) is 0 Å². The van der Waals surface area contributed by atoms with Crippen LogP contribution in [0.5, 0.6) is 0 Å². The van der Waals surface area contributed by atoms with Crippen molar-refractivity contribution in [2.24, 2.45) is 7.05 Å². The van der Waals surface area contributed by atoms with Gasteiger partial charge in [-0.25, -0.2) is 9.97 Å². The number of carbonyl (C=O) groups is 1. The van der Waals surface area contributed by atoms with Crippen LogP contribution >= 0.6 is 0 Å². The van der Waals surface area contributed by atoms with E-state index in [-0.39, 0.29) is 5.91 Å². The van der Waals surface area contributed by atoms with Gasteiger partial charge in [-0.3, -0.25) is 4.79 Å². The third-order valence-corrected chi connectivity index (χ3v) is 2.99. The second-order valence-corrected chi connectivity index (χ2v) is 4.66. The van der Waals surface area contributed by atoms with Gasteiger partial charge in [-0.2, -0.15) is 0 Å². The van der Waals surface area contributed by atoms with Crippen molar-refractivity contribution < 1.29 is 4.79 Å². The molecule has 2 aromatic heterocycles. The number of carbonyl (C=O) groups excluding carboxylic acids is 1. The molecule has 106 valence electrons. The highest BCUT2D eigenvalue weighted by Crippen LogP contribution is 2.10. The Bertz CT molecular complexity index is 605. The Labute approximate surface area is 118 Å². The van der Waals surface area contributed by atoms with E-state index in [2.05, 4.69) is 22.2 Å². The summed E-state index contributed by atoms with van der Waals surface area (Å²) in [6.45, 7) is 2.44. The number of nitrogens with one attached hydrogen (secondary N) is 1. The van der Waals surface area contributed by atoms with Gasteiger partial charge in [0.2, 0.25) is 0 Å². The number of imidazole rings is 1. The molecule has 2 aromatic rings. The third kappa shape index (κ3) is 3.34. The Morgan fingerprint density at radius 3 is 2.90 bits per heavy atom. The van der Waals surface area contributed by atoms with Crippen molar-refractivity contribution in [3.8, 4) is 0 Å². The molecule has 20 heavy (non-hydrogen) atoms. The zero-order valence-corrected chi connectivity index (χ0v) is 11.8. The topological polar surface area (TPSA) is 85.8 Å². The number of rotatable bonds is 5. The molecule has 0 spiro atoms. The van der Waals surface area contributed by atoms with Gasteiger partial charge >= 0.3 is 0 Å². The molecule has 0 aliphatic heterocycles. The van der Waals surface area contributed by atoms with Crippen molar-refractivity contribution in [2.75, 3.05) is 5.73 Å². The number of aromatic nitrogens is 3. The molecule has 6 heteroatoms. The molecule has 2 heterocycles. The van der Waals surface area contributed by atoms with E-state index in [0.717, 1.165) is 24.4 Å². The molecule has 0 fully saturated rings. The van der Waals surface area contributed by atoms with Crippen LogP contribution in [0.25, 0.3) is 0 Å². The lowest BCUT2D eigenvalue weighted by molar-refractivity contribution is 0.0949. The first-order valence-corrected chi connectivity index (χ1v) is 6.61. The van der Waals surface area contributed by atoms with Crippen LogP contribution < -0.4 is 11.1 Å². The first-order chi connectivity index (χ1) is 9.60. The quantitative estimate of drug-likeness (QED) is 0.859. The molecule has 0 atom stereocenters. The number of nitrogens with zero attached hydrogens (tertiary/aromatic N) is 3. The number of hydrogen-bond donors (Lipinski definition) is 2. The molecule has 0 unspecified atom stereocenters. The number of anilines is 1. The maximum Gasteiger partial charge on any atom is 0.251 e. The average Bonchev–Trinajstić information content (AvgIpc) is 2.81. The maximum atomic E-state index is 12.1. The third-order valence-electron chi connectivity index (χ3n) is 2.99. The Morgan fingerprint density at radius 2 is 2.25 bits per heavy atom. The van der Waals surface area contributed by atoms with Crippen molar-refractivity contribution in [2.45, 2.75) is 26.3 Å². The van der Waals surface area contributed by atoms with Crippen molar-refractivity contribution in [1.82, 2.24) is 19.9 Å². The van der Waals surface area contributed by atoms with Gasteiger partial charge in [0.1, 0.15) is 11.6 Å². The van der Waals surface area contributed by atoms with E-state index in [0.29, 0.717) is 17.9 Å². The van der Waals surface area contributed by atoms with E-state index in [1.165, 1.54) is 0 Å². The number of pyridine rings is 1. The number of nitrogen functional groups attached to an aromatic ring is 1.